The fourth-order valence-corrected chi connectivity index (χ4v) is 3.27. The predicted molar refractivity (Wildman–Crippen MR) is 63.6 cm³/mol. The van der Waals surface area contributed by atoms with Crippen LogP contribution in [0.25, 0.3) is 0 Å². The molecule has 0 atom stereocenters. The number of rotatable bonds is 5. The number of hydrogen-bond acceptors (Lipinski definition) is 2. The van der Waals surface area contributed by atoms with E-state index < -0.39 is 15.8 Å². The van der Waals surface area contributed by atoms with Crippen molar-refractivity contribution in [3.05, 3.63) is 30.1 Å². The zero-order valence-corrected chi connectivity index (χ0v) is 10.6. The van der Waals surface area contributed by atoms with Gasteiger partial charge < -0.3 is 0 Å². The Morgan fingerprint density at radius 2 is 1.88 bits per heavy atom. The van der Waals surface area contributed by atoms with Crippen LogP contribution in [0.4, 0.5) is 4.39 Å². The van der Waals surface area contributed by atoms with Crippen molar-refractivity contribution in [2.75, 3.05) is 13.1 Å². The maximum Gasteiger partial charge on any atom is 0.243 e. The van der Waals surface area contributed by atoms with Gasteiger partial charge in [0.2, 0.25) is 10.0 Å². The third kappa shape index (κ3) is 2.84. The van der Waals surface area contributed by atoms with Gasteiger partial charge in [0.05, 0.1) is 4.90 Å². The number of nitrogens with zero attached hydrogens (tertiary/aromatic N) is 1. The van der Waals surface area contributed by atoms with E-state index in [0.717, 1.165) is 12.8 Å². The topological polar surface area (TPSA) is 37.4 Å². The standard InChI is InChI=1S/C12H16FNO2S/c1-2-14(9-10-3-4-10)17(15,16)12-7-5-11(13)6-8-12/h5-8,10H,2-4,9H2,1H3. The highest BCUT2D eigenvalue weighted by Crippen LogP contribution is 2.31. The summed E-state index contributed by atoms with van der Waals surface area (Å²) in [5.41, 5.74) is 0. The van der Waals surface area contributed by atoms with Crippen molar-refractivity contribution in [2.45, 2.75) is 24.7 Å². The Morgan fingerprint density at radius 3 is 2.35 bits per heavy atom. The number of benzene rings is 1. The van der Waals surface area contributed by atoms with Crippen LogP contribution >= 0.6 is 0 Å². The summed E-state index contributed by atoms with van der Waals surface area (Å²) in [4.78, 5) is 0.168. The maximum atomic E-state index is 12.8. The van der Waals surface area contributed by atoms with Gasteiger partial charge >= 0.3 is 0 Å². The van der Waals surface area contributed by atoms with E-state index in [9.17, 15) is 12.8 Å². The van der Waals surface area contributed by atoms with Crippen molar-refractivity contribution in [3.63, 3.8) is 0 Å². The summed E-state index contributed by atoms with van der Waals surface area (Å²) in [6.07, 6.45) is 2.21. The van der Waals surface area contributed by atoms with Crippen LogP contribution in [0.2, 0.25) is 0 Å². The highest BCUT2D eigenvalue weighted by molar-refractivity contribution is 7.89. The molecule has 0 amide bonds. The first-order valence-electron chi connectivity index (χ1n) is 5.79. The smallest absolute Gasteiger partial charge is 0.207 e. The summed E-state index contributed by atoms with van der Waals surface area (Å²) in [5.74, 6) is 0.0827. The van der Waals surface area contributed by atoms with E-state index in [1.54, 1.807) is 0 Å². The molecule has 1 aromatic rings. The molecule has 0 aromatic heterocycles. The summed E-state index contributed by atoms with van der Waals surface area (Å²) in [7, 11) is -3.46. The number of hydrogen-bond donors (Lipinski definition) is 0. The van der Waals surface area contributed by atoms with E-state index in [1.165, 1.54) is 28.6 Å². The molecule has 0 aliphatic heterocycles. The Hall–Kier alpha value is -0.940. The van der Waals surface area contributed by atoms with Crippen LogP contribution in [0, 0.1) is 11.7 Å². The first kappa shape index (κ1) is 12.5. The summed E-state index contributed by atoms with van der Waals surface area (Å²) in [6, 6.07) is 5.00. The molecule has 3 nitrogen and oxygen atoms in total. The fraction of sp³-hybridized carbons (Fsp3) is 0.500. The average molecular weight is 257 g/mol. The molecule has 1 saturated carbocycles. The van der Waals surface area contributed by atoms with Crippen LogP contribution < -0.4 is 0 Å². The zero-order chi connectivity index (χ0) is 12.5. The van der Waals surface area contributed by atoms with Crippen LogP contribution in [0.1, 0.15) is 19.8 Å². The zero-order valence-electron chi connectivity index (χ0n) is 9.77. The highest BCUT2D eigenvalue weighted by atomic mass is 32.2. The Labute approximate surface area is 101 Å². The van der Waals surface area contributed by atoms with Crippen LogP contribution in [0.15, 0.2) is 29.2 Å². The molecule has 1 aliphatic rings. The van der Waals surface area contributed by atoms with Gasteiger partial charge in [-0.05, 0) is 43.0 Å². The number of sulfonamides is 1. The van der Waals surface area contributed by atoms with Gasteiger partial charge in [-0.15, -0.1) is 0 Å². The Kier molecular flexibility index (Phi) is 3.49. The first-order chi connectivity index (χ1) is 8.04. The van der Waals surface area contributed by atoms with Crippen molar-refractivity contribution in [1.82, 2.24) is 4.31 Å². The molecule has 1 aromatic carbocycles. The van der Waals surface area contributed by atoms with Crippen molar-refractivity contribution < 1.29 is 12.8 Å². The molecule has 1 fully saturated rings. The van der Waals surface area contributed by atoms with Crippen LogP contribution in [0.3, 0.4) is 0 Å². The van der Waals surface area contributed by atoms with E-state index in [4.69, 9.17) is 0 Å². The van der Waals surface area contributed by atoms with Gasteiger partial charge in [-0.1, -0.05) is 6.92 Å². The van der Waals surface area contributed by atoms with Gasteiger partial charge in [0.25, 0.3) is 0 Å². The molecular weight excluding hydrogens is 241 g/mol. The Balaban J connectivity index is 2.23. The minimum atomic E-state index is -3.46. The molecule has 94 valence electrons. The summed E-state index contributed by atoms with van der Waals surface area (Å²) < 4.78 is 38.7. The molecule has 2 rings (SSSR count). The van der Waals surface area contributed by atoms with Crippen molar-refractivity contribution in [1.29, 1.82) is 0 Å². The molecule has 0 N–H and O–H groups in total. The highest BCUT2D eigenvalue weighted by Gasteiger charge is 2.30. The molecule has 0 bridgehead atoms. The van der Waals surface area contributed by atoms with Gasteiger partial charge in [-0.25, -0.2) is 12.8 Å². The third-order valence-corrected chi connectivity index (χ3v) is 4.92. The summed E-state index contributed by atoms with van der Waals surface area (Å²) in [5, 5.41) is 0. The molecule has 0 spiro atoms. The molecular formula is C12H16FNO2S. The van der Waals surface area contributed by atoms with Crippen molar-refractivity contribution in [2.24, 2.45) is 5.92 Å². The summed E-state index contributed by atoms with van der Waals surface area (Å²) >= 11 is 0. The largest absolute Gasteiger partial charge is 0.243 e. The van der Waals surface area contributed by atoms with Crippen LogP contribution in [-0.4, -0.2) is 25.8 Å². The lowest BCUT2D eigenvalue weighted by molar-refractivity contribution is 0.412. The van der Waals surface area contributed by atoms with E-state index in [2.05, 4.69) is 0 Å². The van der Waals surface area contributed by atoms with Gasteiger partial charge in [0.15, 0.2) is 0 Å². The lowest BCUT2D eigenvalue weighted by Crippen LogP contribution is -2.32. The monoisotopic (exact) mass is 257 g/mol. The van der Waals surface area contributed by atoms with E-state index >= 15 is 0 Å². The van der Waals surface area contributed by atoms with Gasteiger partial charge in [-0.3, -0.25) is 0 Å². The van der Waals surface area contributed by atoms with Crippen molar-refractivity contribution in [3.8, 4) is 0 Å². The second-order valence-corrected chi connectivity index (χ2v) is 6.29. The molecule has 0 unspecified atom stereocenters. The minimum absolute atomic E-state index is 0.168. The summed E-state index contributed by atoms with van der Waals surface area (Å²) in [6.45, 7) is 2.86. The predicted octanol–water partition coefficient (Wildman–Crippen LogP) is 2.25. The fourth-order valence-electron chi connectivity index (χ4n) is 1.74. The lowest BCUT2D eigenvalue weighted by atomic mass is 10.4. The lowest BCUT2D eigenvalue weighted by Gasteiger charge is -2.20. The van der Waals surface area contributed by atoms with Gasteiger partial charge in [0, 0.05) is 13.1 Å². The third-order valence-electron chi connectivity index (χ3n) is 2.96. The maximum absolute atomic E-state index is 12.8. The van der Waals surface area contributed by atoms with Crippen molar-refractivity contribution >= 4 is 10.0 Å². The molecule has 5 heteroatoms. The number of halogens is 1. The Morgan fingerprint density at radius 1 is 1.29 bits per heavy atom. The van der Waals surface area contributed by atoms with Crippen LogP contribution in [0.5, 0.6) is 0 Å². The molecule has 0 radical (unpaired) electrons. The Bertz CT molecular complexity index is 480. The van der Waals surface area contributed by atoms with E-state index in [1.807, 2.05) is 6.92 Å². The van der Waals surface area contributed by atoms with Crippen LogP contribution in [-0.2, 0) is 10.0 Å². The molecule has 0 heterocycles. The minimum Gasteiger partial charge on any atom is -0.207 e. The SMILES string of the molecule is CCN(CC1CC1)S(=O)(=O)c1ccc(F)cc1. The normalized spacial score (nSPS) is 16.4. The molecule has 17 heavy (non-hydrogen) atoms. The van der Waals surface area contributed by atoms with E-state index in [0.29, 0.717) is 19.0 Å². The van der Waals surface area contributed by atoms with E-state index in [-0.39, 0.29) is 4.90 Å². The average Bonchev–Trinajstić information content (AvgIpc) is 3.10. The molecule has 0 saturated heterocycles. The second-order valence-electron chi connectivity index (χ2n) is 4.35. The van der Waals surface area contributed by atoms with Gasteiger partial charge in [0.1, 0.15) is 5.82 Å². The first-order valence-corrected chi connectivity index (χ1v) is 7.23. The van der Waals surface area contributed by atoms with Gasteiger partial charge in [-0.2, -0.15) is 4.31 Å². The molecule has 1 aliphatic carbocycles. The quantitative estimate of drug-likeness (QED) is 0.811. The second kappa shape index (κ2) is 4.74.